The van der Waals surface area contributed by atoms with Crippen LogP contribution in [0.2, 0.25) is 0 Å². The number of aromatic nitrogens is 4. The van der Waals surface area contributed by atoms with Gasteiger partial charge in [0.05, 0.1) is 69.2 Å². The highest BCUT2D eigenvalue weighted by molar-refractivity contribution is 6.01. The van der Waals surface area contributed by atoms with E-state index in [1.807, 2.05) is 27.7 Å². The summed E-state index contributed by atoms with van der Waals surface area (Å²) in [6.45, 7) is 8.32. The molecular formula is C76H120N26O21. The number of likely N-dealkylation sites (tertiary alicyclic amines) is 1. The Morgan fingerprint density at radius 2 is 0.984 bits per heavy atom. The van der Waals surface area contributed by atoms with E-state index in [4.69, 9.17) is 34.1 Å². The van der Waals surface area contributed by atoms with Crippen molar-refractivity contribution in [3.8, 4) is 0 Å². The first-order valence-corrected chi connectivity index (χ1v) is 40.2. The number of unbranched alkanes of at least 4 members (excludes halogenated alkanes) is 1. The third kappa shape index (κ3) is 36.6. The van der Waals surface area contributed by atoms with Gasteiger partial charge in [-0.1, -0.05) is 71.9 Å². The highest BCUT2D eigenvalue weighted by Crippen LogP contribution is 2.19. The van der Waals surface area contributed by atoms with Gasteiger partial charge in [-0.3, -0.25) is 91.7 Å². The van der Waals surface area contributed by atoms with Gasteiger partial charge in [0.15, 0.2) is 5.96 Å². The Hall–Kier alpha value is -12.8. The van der Waals surface area contributed by atoms with Crippen molar-refractivity contribution in [2.45, 2.75) is 223 Å². The molecule has 3 heterocycles. The highest BCUT2D eigenvalue weighted by atomic mass is 16.4. The zero-order valence-electron chi connectivity index (χ0n) is 69.8. The lowest BCUT2D eigenvalue weighted by atomic mass is 10.0. The van der Waals surface area contributed by atoms with E-state index in [0.717, 1.165) is 0 Å². The van der Waals surface area contributed by atoms with Crippen LogP contribution in [0, 0.1) is 23.2 Å². The number of carboxylic acid groups (broad SMARTS) is 1. The lowest BCUT2D eigenvalue weighted by Crippen LogP contribution is -2.61. The summed E-state index contributed by atoms with van der Waals surface area (Å²) in [5.74, 6) is -19.7. The molecule has 2 aromatic heterocycles. The number of carbonyl (C=O) groups excluding carboxylic acids is 17. The van der Waals surface area contributed by atoms with E-state index in [1.54, 1.807) is 30.3 Å². The number of primary amides is 2. The second-order valence-electron chi connectivity index (χ2n) is 30.7. The van der Waals surface area contributed by atoms with Gasteiger partial charge in [0.25, 0.3) is 0 Å². The fourth-order valence-corrected chi connectivity index (χ4v) is 12.7. The summed E-state index contributed by atoms with van der Waals surface area (Å²) >= 11 is 0. The van der Waals surface area contributed by atoms with Gasteiger partial charge >= 0.3 is 5.97 Å². The fourth-order valence-electron chi connectivity index (χ4n) is 12.7. The summed E-state index contributed by atoms with van der Waals surface area (Å²) in [6, 6.07) is -13.5. The number of amides is 17. The fraction of sp³-hybridized carbons (Fsp3) is 0.592. The standard InChI is InChI=1S/C76H120N26O21/c1-38(2)23-45(78)64(112)94-48(24-39(3)4)65(113)87-33-59(107)102-22-14-19-56(102)74(122)98-50(26-43-30-83-36-88-43)67(115)90-41(7)63(111)101-61(40(5)6)75(123)86-32-58(106)91-52(28-57(79)105)70(118)96-51(27-44-31-84-37-89-44)69(117)93-47(18-13-21-85-76(81)82)66(114)99-54(34-103)72(120)95-49(25-42-15-9-8-10-16-42)68(116)100-55(35-104)73(121)97-53(29-60(108)109)71(119)92-46(62(80)110)17-11-12-20-77/h8-10,15-16,30-31,36-41,45-56,61,103-104H,11-14,17-29,32-35,77-78H2,1-7H3,(H2,79,105)(H2,80,110)(H,83,88)(H,84,89)(H,86,123)(H,87,113)(H,90,115)(H,91,106)(H,92,119)(H,93,117)(H,94,112)(H,95,120)(H,96,118)(H,97,121)(H,98,122)(H,99,114)(H,100,116)(H,101,111)(H,108,109)(H4,81,82,85)/t41-,45-,46-,47-,48-,49-,50-,51-,52-,53-,54-,55-,56-,61-/m0/s1. The van der Waals surface area contributed by atoms with Crippen LogP contribution >= 0.6 is 0 Å². The van der Waals surface area contributed by atoms with Crippen LogP contribution in [-0.2, 0) is 106 Å². The number of benzene rings is 1. The number of guanidine groups is 1. The number of rotatable bonds is 55. The number of nitrogens with one attached hydrogen (secondary N) is 18. The van der Waals surface area contributed by atoms with E-state index in [-0.39, 0.29) is 82.1 Å². The molecule has 3 aromatic rings. The van der Waals surface area contributed by atoms with Crippen molar-refractivity contribution in [2.75, 3.05) is 45.9 Å². The molecule has 14 atom stereocenters. The Morgan fingerprint density at radius 1 is 0.504 bits per heavy atom. The SMILES string of the molecule is CC(C)C[C@H](NC(=O)[C@@H](N)CC(C)C)C(=O)NCC(=O)N1CCC[C@H]1C(=O)N[C@@H](Cc1c[nH]cn1)C(=O)N[C@@H](C)C(=O)N[C@H](C(=O)NCC(=O)N[C@@H](CC(N)=O)C(=O)N[C@@H](Cc1c[nH]cn1)C(=O)N[C@@H](CCCNC(=N)N)C(=O)N[C@@H](CO)C(=O)N[C@@H](Cc1ccccc1)C(=O)N[C@@H](CO)C(=O)N[C@@H](CC(=O)O)C(=O)N[C@@H](CCCCN)C(N)=O)C(C)C. The monoisotopic (exact) mass is 1730 g/mol. The average Bonchev–Trinajstić information content (AvgIpc) is 1.76. The van der Waals surface area contributed by atoms with Crippen molar-refractivity contribution in [3.05, 3.63) is 72.3 Å². The molecule has 0 radical (unpaired) electrons. The van der Waals surface area contributed by atoms with Crippen LogP contribution < -0.4 is 108 Å². The minimum absolute atomic E-state index is 0.00966. The average molecular weight is 1730 g/mol. The van der Waals surface area contributed by atoms with Crippen molar-refractivity contribution in [2.24, 2.45) is 46.4 Å². The molecule has 47 heteroatoms. The van der Waals surface area contributed by atoms with E-state index in [0.29, 0.717) is 36.9 Å². The molecule has 31 N–H and O–H groups in total. The Balaban J connectivity index is 1.47. The van der Waals surface area contributed by atoms with Crippen molar-refractivity contribution in [1.29, 1.82) is 5.41 Å². The minimum atomic E-state index is -1.96. The molecule has 1 saturated heterocycles. The zero-order valence-corrected chi connectivity index (χ0v) is 69.8. The van der Waals surface area contributed by atoms with E-state index in [1.165, 1.54) is 50.7 Å². The summed E-state index contributed by atoms with van der Waals surface area (Å²) in [5.41, 5.74) is 28.9. The number of imidazole rings is 2. The molecule has 1 aliphatic heterocycles. The van der Waals surface area contributed by atoms with Gasteiger partial charge in [-0.15, -0.1) is 0 Å². The summed E-state index contributed by atoms with van der Waals surface area (Å²) in [6.07, 6.45) is 3.89. The topological polar surface area (TPSA) is 763 Å². The van der Waals surface area contributed by atoms with Crippen molar-refractivity contribution < 1.29 is 102 Å². The van der Waals surface area contributed by atoms with Gasteiger partial charge in [0, 0.05) is 44.7 Å². The second-order valence-corrected chi connectivity index (χ2v) is 30.7. The molecule has 1 fully saturated rings. The number of hydrogen-bond donors (Lipinski definition) is 26. The van der Waals surface area contributed by atoms with Gasteiger partial charge in [-0.05, 0) is 94.6 Å². The maximum Gasteiger partial charge on any atom is 0.305 e. The number of hydrogen-bond acceptors (Lipinski definition) is 25. The summed E-state index contributed by atoms with van der Waals surface area (Å²) < 4.78 is 0. The molecule has 17 amide bonds. The largest absolute Gasteiger partial charge is 0.481 e. The van der Waals surface area contributed by atoms with Gasteiger partial charge in [0.2, 0.25) is 100 Å². The maximum absolute atomic E-state index is 14.6. The summed E-state index contributed by atoms with van der Waals surface area (Å²) in [7, 11) is 0. The molecule has 680 valence electrons. The second kappa shape index (κ2) is 52.4. The number of nitrogens with zero attached hydrogens (tertiary/aromatic N) is 3. The van der Waals surface area contributed by atoms with Crippen molar-refractivity contribution >= 4 is 112 Å². The summed E-state index contributed by atoms with van der Waals surface area (Å²) in [4.78, 5) is 260. The van der Waals surface area contributed by atoms with Gasteiger partial charge in [0.1, 0.15) is 78.5 Å². The lowest BCUT2D eigenvalue weighted by Gasteiger charge is -2.28. The Labute approximate surface area is 708 Å². The first kappa shape index (κ1) is 103. The first-order valence-electron chi connectivity index (χ1n) is 40.2. The highest BCUT2D eigenvalue weighted by Gasteiger charge is 2.40. The van der Waals surface area contributed by atoms with Crippen LogP contribution in [-0.4, -0.2) is 283 Å². The number of aromatic amines is 2. The molecular weight excluding hydrogens is 1610 g/mol. The van der Waals surface area contributed by atoms with Gasteiger partial charge in [-0.2, -0.15) is 0 Å². The normalized spacial score (nSPS) is 15.6. The molecule has 47 nitrogen and oxygen atoms in total. The molecule has 0 spiro atoms. The molecule has 0 unspecified atom stereocenters. The van der Waals surface area contributed by atoms with Crippen LogP contribution in [0.3, 0.4) is 0 Å². The quantitative estimate of drug-likeness (QED) is 0.0142. The van der Waals surface area contributed by atoms with Crippen LogP contribution in [0.25, 0.3) is 0 Å². The maximum atomic E-state index is 14.6. The van der Waals surface area contributed by atoms with E-state index in [2.05, 4.69) is 99.7 Å². The number of nitrogens with two attached hydrogens (primary N) is 5. The molecule has 0 bridgehead atoms. The molecule has 0 saturated carbocycles. The van der Waals surface area contributed by atoms with Crippen LogP contribution in [0.1, 0.15) is 136 Å². The van der Waals surface area contributed by atoms with Gasteiger partial charge < -0.3 is 139 Å². The number of aliphatic hydroxyl groups excluding tert-OH is 2. The Morgan fingerprint density at radius 3 is 1.50 bits per heavy atom. The molecule has 0 aliphatic carbocycles. The Bertz CT molecular complexity index is 4080. The van der Waals surface area contributed by atoms with Gasteiger partial charge in [-0.25, -0.2) is 9.97 Å². The molecule has 4 rings (SSSR count). The lowest BCUT2D eigenvalue weighted by molar-refractivity contribution is -0.141. The third-order valence-corrected chi connectivity index (χ3v) is 19.2. The Kier molecular flexibility index (Phi) is 43.7. The predicted octanol–water partition coefficient (Wildman–Crippen LogP) is -9.49. The molecule has 123 heavy (non-hydrogen) atoms. The molecule has 1 aromatic carbocycles. The van der Waals surface area contributed by atoms with Crippen LogP contribution in [0.15, 0.2) is 55.4 Å². The van der Waals surface area contributed by atoms with Crippen LogP contribution in [0.4, 0.5) is 0 Å². The summed E-state index contributed by atoms with van der Waals surface area (Å²) in [5, 5.41) is 74.6. The van der Waals surface area contributed by atoms with E-state index < -0.39 is 248 Å². The van der Waals surface area contributed by atoms with E-state index in [9.17, 15) is 102 Å². The predicted molar refractivity (Wildman–Crippen MR) is 438 cm³/mol. The number of carbonyl (C=O) groups is 18. The zero-order chi connectivity index (χ0) is 91.7. The number of H-pyrrole nitrogens is 2. The third-order valence-electron chi connectivity index (χ3n) is 19.2. The van der Waals surface area contributed by atoms with Crippen molar-refractivity contribution in [3.63, 3.8) is 0 Å². The number of aliphatic hydroxyl groups is 2. The number of carboxylic acids is 1. The van der Waals surface area contributed by atoms with Crippen molar-refractivity contribution in [1.82, 2.24) is 105 Å². The first-order chi connectivity index (χ1) is 58.1. The number of aliphatic carboxylic acids is 1. The minimum Gasteiger partial charge on any atom is -0.481 e. The van der Waals surface area contributed by atoms with E-state index >= 15 is 0 Å². The molecule has 1 aliphatic rings. The smallest absolute Gasteiger partial charge is 0.305 e. The van der Waals surface area contributed by atoms with Crippen LogP contribution in [0.5, 0.6) is 0 Å².